The summed E-state index contributed by atoms with van der Waals surface area (Å²) in [5.41, 5.74) is 0. The Kier molecular flexibility index (Phi) is 7.81. The molecule has 0 aromatic rings. The lowest BCUT2D eigenvalue weighted by Gasteiger charge is -2.27. The molecule has 1 N–H and O–H groups in total. The SMILES string of the molecule is CC(C)OCCCCCCN1CCNCC1. The van der Waals surface area contributed by atoms with Crippen molar-refractivity contribution in [1.29, 1.82) is 0 Å². The van der Waals surface area contributed by atoms with Crippen molar-refractivity contribution in [2.24, 2.45) is 0 Å². The second-order valence-electron chi connectivity index (χ2n) is 4.93. The quantitative estimate of drug-likeness (QED) is 0.642. The summed E-state index contributed by atoms with van der Waals surface area (Å²) >= 11 is 0. The van der Waals surface area contributed by atoms with Crippen LogP contribution in [-0.2, 0) is 4.74 Å². The van der Waals surface area contributed by atoms with Crippen LogP contribution >= 0.6 is 0 Å². The Hall–Kier alpha value is -0.120. The smallest absolute Gasteiger partial charge is 0.0518 e. The van der Waals surface area contributed by atoms with Crippen LogP contribution in [0.25, 0.3) is 0 Å². The zero-order valence-electron chi connectivity index (χ0n) is 11.0. The molecule has 16 heavy (non-hydrogen) atoms. The maximum Gasteiger partial charge on any atom is 0.0518 e. The molecular formula is C13H28N2O. The summed E-state index contributed by atoms with van der Waals surface area (Å²) in [5.74, 6) is 0. The highest BCUT2D eigenvalue weighted by atomic mass is 16.5. The number of hydrogen-bond acceptors (Lipinski definition) is 3. The molecular weight excluding hydrogens is 200 g/mol. The fourth-order valence-corrected chi connectivity index (χ4v) is 2.04. The number of ether oxygens (including phenoxy) is 1. The molecule has 0 bridgehead atoms. The Morgan fingerprint density at radius 2 is 1.75 bits per heavy atom. The summed E-state index contributed by atoms with van der Waals surface area (Å²) in [6, 6.07) is 0. The van der Waals surface area contributed by atoms with Crippen molar-refractivity contribution in [2.75, 3.05) is 39.3 Å². The zero-order valence-corrected chi connectivity index (χ0v) is 11.0. The van der Waals surface area contributed by atoms with Crippen LogP contribution < -0.4 is 5.32 Å². The van der Waals surface area contributed by atoms with Crippen LogP contribution in [0, 0.1) is 0 Å². The summed E-state index contributed by atoms with van der Waals surface area (Å²) in [6.07, 6.45) is 5.63. The summed E-state index contributed by atoms with van der Waals surface area (Å²) in [7, 11) is 0. The number of nitrogens with one attached hydrogen (secondary N) is 1. The van der Waals surface area contributed by atoms with Crippen LogP contribution in [0.5, 0.6) is 0 Å². The lowest BCUT2D eigenvalue weighted by molar-refractivity contribution is 0.0755. The van der Waals surface area contributed by atoms with E-state index >= 15 is 0 Å². The van der Waals surface area contributed by atoms with E-state index in [2.05, 4.69) is 24.1 Å². The highest BCUT2D eigenvalue weighted by molar-refractivity contribution is 4.67. The van der Waals surface area contributed by atoms with Crippen molar-refractivity contribution in [2.45, 2.75) is 45.6 Å². The number of rotatable bonds is 8. The Morgan fingerprint density at radius 1 is 1.06 bits per heavy atom. The van der Waals surface area contributed by atoms with Crippen molar-refractivity contribution in [3.05, 3.63) is 0 Å². The third kappa shape index (κ3) is 7.20. The molecule has 1 saturated heterocycles. The van der Waals surface area contributed by atoms with Gasteiger partial charge in [-0.1, -0.05) is 12.8 Å². The van der Waals surface area contributed by atoms with E-state index in [-0.39, 0.29) is 0 Å². The standard InChI is InChI=1S/C13H28N2O/c1-13(2)16-12-6-4-3-5-9-15-10-7-14-8-11-15/h13-14H,3-12H2,1-2H3. The molecule has 0 spiro atoms. The van der Waals surface area contributed by atoms with Crippen LogP contribution in [0.1, 0.15) is 39.5 Å². The van der Waals surface area contributed by atoms with Crippen LogP contribution in [0.15, 0.2) is 0 Å². The van der Waals surface area contributed by atoms with Crippen molar-refractivity contribution in [3.63, 3.8) is 0 Å². The third-order valence-electron chi connectivity index (χ3n) is 3.03. The number of hydrogen-bond donors (Lipinski definition) is 1. The highest BCUT2D eigenvalue weighted by Gasteiger charge is 2.07. The molecule has 0 unspecified atom stereocenters. The van der Waals surface area contributed by atoms with Crippen LogP contribution in [0.2, 0.25) is 0 Å². The first kappa shape index (κ1) is 13.9. The van der Waals surface area contributed by atoms with Crippen LogP contribution in [0.4, 0.5) is 0 Å². The van der Waals surface area contributed by atoms with Gasteiger partial charge in [-0.3, -0.25) is 0 Å². The molecule has 1 aliphatic heterocycles. The Balaban J connectivity index is 1.80. The molecule has 3 heteroatoms. The molecule has 96 valence electrons. The molecule has 0 saturated carbocycles. The zero-order chi connectivity index (χ0) is 11.6. The van der Waals surface area contributed by atoms with Gasteiger partial charge >= 0.3 is 0 Å². The van der Waals surface area contributed by atoms with E-state index in [1.54, 1.807) is 0 Å². The molecule has 1 fully saturated rings. The topological polar surface area (TPSA) is 24.5 Å². The maximum absolute atomic E-state index is 5.52. The predicted octanol–water partition coefficient (Wildman–Crippen LogP) is 1.88. The molecule has 1 heterocycles. The first-order valence-corrected chi connectivity index (χ1v) is 6.83. The summed E-state index contributed by atoms with van der Waals surface area (Å²) in [4.78, 5) is 2.57. The van der Waals surface area contributed by atoms with Gasteiger partial charge in [0.2, 0.25) is 0 Å². The summed E-state index contributed by atoms with van der Waals surface area (Å²) in [6.45, 7) is 11.2. The first-order valence-electron chi connectivity index (χ1n) is 6.83. The van der Waals surface area contributed by atoms with Gasteiger partial charge in [0.15, 0.2) is 0 Å². The van der Waals surface area contributed by atoms with E-state index in [0.29, 0.717) is 6.10 Å². The number of nitrogens with zero attached hydrogens (tertiary/aromatic N) is 1. The van der Waals surface area contributed by atoms with E-state index in [9.17, 15) is 0 Å². The predicted molar refractivity (Wildman–Crippen MR) is 68.9 cm³/mol. The summed E-state index contributed by atoms with van der Waals surface area (Å²) < 4.78 is 5.52. The minimum atomic E-state index is 0.390. The largest absolute Gasteiger partial charge is 0.379 e. The lowest BCUT2D eigenvalue weighted by Crippen LogP contribution is -2.43. The van der Waals surface area contributed by atoms with Crippen molar-refractivity contribution in [3.8, 4) is 0 Å². The van der Waals surface area contributed by atoms with Crippen LogP contribution in [-0.4, -0.2) is 50.3 Å². The lowest BCUT2D eigenvalue weighted by atomic mass is 10.2. The average Bonchev–Trinajstić information content (AvgIpc) is 2.29. The first-order chi connectivity index (χ1) is 7.79. The third-order valence-corrected chi connectivity index (χ3v) is 3.03. The van der Waals surface area contributed by atoms with Crippen molar-refractivity contribution < 1.29 is 4.74 Å². The fraction of sp³-hybridized carbons (Fsp3) is 1.00. The monoisotopic (exact) mass is 228 g/mol. The van der Waals surface area contributed by atoms with Gasteiger partial charge in [0.1, 0.15) is 0 Å². The molecule has 0 aromatic heterocycles. The maximum atomic E-state index is 5.52. The summed E-state index contributed by atoms with van der Waals surface area (Å²) in [5, 5.41) is 3.39. The number of unbranched alkanes of at least 4 members (excludes halogenated alkanes) is 3. The van der Waals surface area contributed by atoms with E-state index < -0.39 is 0 Å². The van der Waals surface area contributed by atoms with Gasteiger partial charge in [0, 0.05) is 32.8 Å². The van der Waals surface area contributed by atoms with Crippen molar-refractivity contribution in [1.82, 2.24) is 10.2 Å². The fourth-order valence-electron chi connectivity index (χ4n) is 2.04. The van der Waals surface area contributed by atoms with E-state index in [1.807, 2.05) is 0 Å². The average molecular weight is 228 g/mol. The van der Waals surface area contributed by atoms with E-state index in [4.69, 9.17) is 4.74 Å². The minimum absolute atomic E-state index is 0.390. The van der Waals surface area contributed by atoms with Crippen molar-refractivity contribution >= 4 is 0 Å². The minimum Gasteiger partial charge on any atom is -0.379 e. The normalized spacial score (nSPS) is 18.2. The van der Waals surface area contributed by atoms with Gasteiger partial charge < -0.3 is 15.0 Å². The van der Waals surface area contributed by atoms with Crippen LogP contribution in [0.3, 0.4) is 0 Å². The highest BCUT2D eigenvalue weighted by Crippen LogP contribution is 2.03. The van der Waals surface area contributed by atoms with E-state index in [1.165, 1.54) is 58.4 Å². The van der Waals surface area contributed by atoms with Gasteiger partial charge in [-0.2, -0.15) is 0 Å². The van der Waals surface area contributed by atoms with Gasteiger partial charge in [0.25, 0.3) is 0 Å². The van der Waals surface area contributed by atoms with Gasteiger partial charge in [-0.05, 0) is 33.2 Å². The molecule has 0 amide bonds. The van der Waals surface area contributed by atoms with Gasteiger partial charge in [0.05, 0.1) is 6.10 Å². The molecule has 0 radical (unpaired) electrons. The Morgan fingerprint density at radius 3 is 2.44 bits per heavy atom. The molecule has 1 aliphatic rings. The molecule has 0 aliphatic carbocycles. The van der Waals surface area contributed by atoms with Gasteiger partial charge in [-0.25, -0.2) is 0 Å². The Labute approximate surface area is 101 Å². The van der Waals surface area contributed by atoms with E-state index in [0.717, 1.165) is 6.61 Å². The number of piperazine rings is 1. The second kappa shape index (κ2) is 8.97. The molecule has 1 rings (SSSR count). The molecule has 0 aromatic carbocycles. The Bertz CT molecular complexity index is 156. The van der Waals surface area contributed by atoms with Gasteiger partial charge in [-0.15, -0.1) is 0 Å². The second-order valence-corrected chi connectivity index (χ2v) is 4.93. The molecule has 3 nitrogen and oxygen atoms in total. The molecule has 0 atom stereocenters.